The van der Waals surface area contributed by atoms with E-state index >= 15 is 0 Å². The molecule has 1 saturated heterocycles. The normalized spacial score (nSPS) is 16.2. The van der Waals surface area contributed by atoms with Gasteiger partial charge in [0.25, 0.3) is 0 Å². The molecule has 1 aliphatic rings. The zero-order valence-electron chi connectivity index (χ0n) is 18.3. The molecule has 0 spiro atoms. The Labute approximate surface area is 211 Å². The molecule has 1 aliphatic heterocycles. The number of aromatic amines is 1. The van der Waals surface area contributed by atoms with Gasteiger partial charge in [0.05, 0.1) is 26.1 Å². The average molecular weight is 514 g/mol. The first-order valence-corrected chi connectivity index (χ1v) is 11.8. The summed E-state index contributed by atoms with van der Waals surface area (Å²) in [6.45, 7) is 4.86. The maximum absolute atomic E-state index is 9.73. The van der Waals surface area contributed by atoms with Crippen molar-refractivity contribution in [2.45, 2.75) is 32.4 Å². The molecule has 7 nitrogen and oxygen atoms in total. The second-order valence-electron chi connectivity index (χ2n) is 8.22. The number of hydrogen-bond acceptors (Lipinski definition) is 6. The van der Waals surface area contributed by atoms with Crippen LogP contribution in [-0.4, -0.2) is 32.8 Å². The Morgan fingerprint density at radius 3 is 2.56 bits per heavy atom. The molecule has 0 bridgehead atoms. The number of pyridine rings is 2. The quantitative estimate of drug-likeness (QED) is 0.324. The highest BCUT2D eigenvalue weighted by molar-refractivity contribution is 6.36. The Bertz CT molecular complexity index is 1430. The van der Waals surface area contributed by atoms with E-state index in [1.807, 2.05) is 19.1 Å². The lowest BCUT2D eigenvalue weighted by Crippen LogP contribution is -2.46. The number of hydrogen-bond donors (Lipinski definition) is 1. The first kappa shape index (κ1) is 22.7. The molecule has 1 N–H and O–H groups in total. The van der Waals surface area contributed by atoms with E-state index in [-0.39, 0.29) is 0 Å². The van der Waals surface area contributed by atoms with Gasteiger partial charge in [0.2, 0.25) is 0 Å². The Balaban J connectivity index is 1.52. The molecule has 172 valence electrons. The van der Waals surface area contributed by atoms with E-state index in [4.69, 9.17) is 39.5 Å². The van der Waals surface area contributed by atoms with Gasteiger partial charge in [-0.2, -0.15) is 10.4 Å². The van der Waals surface area contributed by atoms with Crippen LogP contribution in [0.2, 0.25) is 15.1 Å². The van der Waals surface area contributed by atoms with Crippen LogP contribution in [0, 0.1) is 11.3 Å². The van der Waals surface area contributed by atoms with Gasteiger partial charge in [0, 0.05) is 47.7 Å². The van der Waals surface area contributed by atoms with E-state index in [9.17, 15) is 5.26 Å². The lowest BCUT2D eigenvalue weighted by Gasteiger charge is -2.40. The van der Waals surface area contributed by atoms with Crippen LogP contribution in [0.15, 0.2) is 36.8 Å². The SMILES string of the molecule is CC(Oc1cc2c(-c3cnc(N4CC[C@@H]4C)c(C#N)c3)n[nH]c2cc1Cl)c1c(Cl)cncc1Cl. The topological polar surface area (TPSA) is 90.7 Å². The lowest BCUT2D eigenvalue weighted by molar-refractivity contribution is 0.227. The number of H-pyrrole nitrogens is 1. The number of benzene rings is 1. The molecule has 2 atom stereocenters. The van der Waals surface area contributed by atoms with E-state index in [2.05, 4.69) is 38.1 Å². The summed E-state index contributed by atoms with van der Waals surface area (Å²) in [5.74, 6) is 1.16. The van der Waals surface area contributed by atoms with E-state index in [0.29, 0.717) is 49.5 Å². The molecular weight excluding hydrogens is 495 g/mol. The second-order valence-corrected chi connectivity index (χ2v) is 9.44. The third kappa shape index (κ3) is 3.92. The van der Waals surface area contributed by atoms with Crippen molar-refractivity contribution in [1.29, 1.82) is 5.26 Å². The summed E-state index contributed by atoms with van der Waals surface area (Å²) in [6.07, 6.45) is 5.40. The fraction of sp³-hybridized carbons (Fsp3) is 0.250. The van der Waals surface area contributed by atoms with E-state index < -0.39 is 6.10 Å². The van der Waals surface area contributed by atoms with Crippen LogP contribution in [0.3, 0.4) is 0 Å². The van der Waals surface area contributed by atoms with Gasteiger partial charge in [-0.15, -0.1) is 0 Å². The maximum atomic E-state index is 9.73. The van der Waals surface area contributed by atoms with Gasteiger partial charge in [-0.25, -0.2) is 4.98 Å². The summed E-state index contributed by atoms with van der Waals surface area (Å²) in [7, 11) is 0. The lowest BCUT2D eigenvalue weighted by atomic mass is 10.0. The molecule has 0 aliphatic carbocycles. The predicted molar refractivity (Wildman–Crippen MR) is 134 cm³/mol. The fourth-order valence-electron chi connectivity index (χ4n) is 4.12. The number of anilines is 1. The van der Waals surface area contributed by atoms with Crippen molar-refractivity contribution >= 4 is 51.5 Å². The van der Waals surface area contributed by atoms with Gasteiger partial charge in [-0.1, -0.05) is 34.8 Å². The monoisotopic (exact) mass is 512 g/mol. The van der Waals surface area contributed by atoms with E-state index in [0.717, 1.165) is 29.4 Å². The molecule has 4 aromatic rings. The molecule has 0 amide bonds. The zero-order valence-corrected chi connectivity index (χ0v) is 20.6. The van der Waals surface area contributed by atoms with Gasteiger partial charge in [-0.05, 0) is 38.5 Å². The van der Waals surface area contributed by atoms with Crippen LogP contribution in [0.25, 0.3) is 22.2 Å². The molecule has 5 rings (SSSR count). The van der Waals surface area contributed by atoms with E-state index in [1.165, 1.54) is 12.4 Å². The standard InChI is InChI=1S/C24H19Cl3N6O/c1-12-3-4-33(12)24-14(8-28)5-15(9-30-24)23-16-6-21(17(25)7-20(16)31-32-23)34-13(2)22-18(26)10-29-11-19(22)27/h5-7,9-13H,3-4H2,1-2H3,(H,31,32)/t12-,13?/m0/s1. The largest absolute Gasteiger partial charge is 0.484 e. The van der Waals surface area contributed by atoms with Gasteiger partial charge in [-0.3, -0.25) is 10.1 Å². The number of rotatable bonds is 5. The van der Waals surface area contributed by atoms with Crippen molar-refractivity contribution in [3.63, 3.8) is 0 Å². The molecule has 3 aromatic heterocycles. The van der Waals surface area contributed by atoms with Gasteiger partial charge >= 0.3 is 0 Å². The molecule has 10 heteroatoms. The molecule has 0 radical (unpaired) electrons. The Morgan fingerprint density at radius 1 is 1.15 bits per heavy atom. The van der Waals surface area contributed by atoms with Crippen molar-refractivity contribution in [1.82, 2.24) is 20.2 Å². The summed E-state index contributed by atoms with van der Waals surface area (Å²) in [4.78, 5) is 10.7. The number of nitrogens with zero attached hydrogens (tertiary/aromatic N) is 5. The minimum absolute atomic E-state index is 0.378. The zero-order chi connectivity index (χ0) is 24.0. The Hall–Kier alpha value is -3.05. The van der Waals surface area contributed by atoms with E-state index in [1.54, 1.807) is 12.3 Å². The first-order chi connectivity index (χ1) is 16.4. The summed E-state index contributed by atoms with van der Waals surface area (Å²) >= 11 is 19.1. The van der Waals surface area contributed by atoms with Gasteiger partial charge in [0.15, 0.2) is 0 Å². The van der Waals surface area contributed by atoms with Crippen LogP contribution in [0.5, 0.6) is 5.75 Å². The molecule has 1 fully saturated rings. The van der Waals surface area contributed by atoms with Crippen LogP contribution >= 0.6 is 34.8 Å². The smallest absolute Gasteiger partial charge is 0.146 e. The van der Waals surface area contributed by atoms with Crippen molar-refractivity contribution in [3.8, 4) is 23.1 Å². The number of nitrogens with one attached hydrogen (secondary N) is 1. The number of ether oxygens (including phenoxy) is 1. The Morgan fingerprint density at radius 2 is 1.91 bits per heavy atom. The third-order valence-corrected chi connectivity index (χ3v) is 6.97. The van der Waals surface area contributed by atoms with Crippen molar-refractivity contribution in [3.05, 3.63) is 63.0 Å². The highest BCUT2D eigenvalue weighted by atomic mass is 35.5. The van der Waals surface area contributed by atoms with Gasteiger partial charge in [0.1, 0.15) is 29.4 Å². The molecule has 1 aromatic carbocycles. The highest BCUT2D eigenvalue weighted by Crippen LogP contribution is 2.39. The van der Waals surface area contributed by atoms with Crippen molar-refractivity contribution in [2.75, 3.05) is 11.4 Å². The summed E-state index contributed by atoms with van der Waals surface area (Å²) in [5.41, 5.74) is 3.25. The molecule has 0 saturated carbocycles. The number of fused-ring (bicyclic) bond motifs is 1. The van der Waals surface area contributed by atoms with Crippen LogP contribution < -0.4 is 9.64 Å². The fourth-order valence-corrected chi connectivity index (χ4v) is 5.00. The Kier molecular flexibility index (Phi) is 5.98. The molecular formula is C24H19Cl3N6O. The number of halogens is 3. The summed E-state index contributed by atoms with van der Waals surface area (Å²) in [6, 6.07) is 8.03. The summed E-state index contributed by atoms with van der Waals surface area (Å²) < 4.78 is 6.15. The first-order valence-electron chi connectivity index (χ1n) is 10.7. The summed E-state index contributed by atoms with van der Waals surface area (Å²) in [5, 5.41) is 19.2. The molecule has 34 heavy (non-hydrogen) atoms. The van der Waals surface area contributed by atoms with Gasteiger partial charge < -0.3 is 9.64 Å². The predicted octanol–water partition coefficient (Wildman–Crippen LogP) is 6.59. The van der Waals surface area contributed by atoms with Crippen molar-refractivity contribution in [2.24, 2.45) is 0 Å². The van der Waals surface area contributed by atoms with Crippen molar-refractivity contribution < 1.29 is 4.74 Å². The van der Waals surface area contributed by atoms with Crippen LogP contribution in [0.1, 0.15) is 37.5 Å². The average Bonchev–Trinajstić information content (AvgIpc) is 3.21. The number of aromatic nitrogens is 4. The number of nitriles is 1. The molecule has 4 heterocycles. The highest BCUT2D eigenvalue weighted by Gasteiger charge is 2.27. The second kappa shape index (κ2) is 8.95. The minimum Gasteiger partial charge on any atom is -0.484 e. The maximum Gasteiger partial charge on any atom is 0.146 e. The van der Waals surface area contributed by atoms with Crippen LogP contribution in [0.4, 0.5) is 5.82 Å². The minimum atomic E-state index is -0.474. The molecule has 1 unspecified atom stereocenters. The third-order valence-electron chi connectivity index (χ3n) is 6.07. The van der Waals surface area contributed by atoms with Crippen LogP contribution in [-0.2, 0) is 0 Å².